The van der Waals surface area contributed by atoms with Crippen LogP contribution in [-0.2, 0) is 9.84 Å². The van der Waals surface area contributed by atoms with Gasteiger partial charge in [-0.05, 0) is 12.8 Å². The molecule has 0 aliphatic carbocycles. The molecule has 0 amide bonds. The summed E-state index contributed by atoms with van der Waals surface area (Å²) in [4.78, 5) is 14.4. The van der Waals surface area contributed by atoms with Crippen LogP contribution in [0.4, 0.5) is 5.13 Å². The summed E-state index contributed by atoms with van der Waals surface area (Å²) >= 11 is 1.16. The number of carboxylic acid groups (broad SMARTS) is 1. The molecule has 1 aromatic rings. The molecule has 1 unspecified atom stereocenters. The zero-order valence-electron chi connectivity index (χ0n) is 8.92. The van der Waals surface area contributed by atoms with E-state index in [9.17, 15) is 13.2 Å². The van der Waals surface area contributed by atoms with E-state index >= 15 is 0 Å². The van der Waals surface area contributed by atoms with Crippen molar-refractivity contribution in [3.05, 3.63) is 11.1 Å². The van der Waals surface area contributed by atoms with Crippen molar-refractivity contribution in [3.63, 3.8) is 0 Å². The number of carbonyl (C=O) groups is 1. The molecule has 0 radical (unpaired) electrons. The molecule has 1 aromatic heterocycles. The van der Waals surface area contributed by atoms with Crippen LogP contribution < -0.4 is 5.32 Å². The Labute approximate surface area is 103 Å². The molecule has 0 spiro atoms. The third kappa shape index (κ3) is 2.75. The minimum absolute atomic E-state index is 0.0215. The molecule has 94 valence electrons. The molecule has 1 fully saturated rings. The highest BCUT2D eigenvalue weighted by Crippen LogP contribution is 2.21. The van der Waals surface area contributed by atoms with Crippen LogP contribution in [0.1, 0.15) is 23.3 Å². The van der Waals surface area contributed by atoms with Crippen LogP contribution in [0.25, 0.3) is 0 Å². The van der Waals surface area contributed by atoms with Gasteiger partial charge in [0.1, 0.15) is 0 Å². The molecule has 2 heterocycles. The van der Waals surface area contributed by atoms with E-state index < -0.39 is 15.8 Å². The van der Waals surface area contributed by atoms with Crippen molar-refractivity contribution in [3.8, 4) is 0 Å². The number of carboxylic acids is 1. The molecule has 1 atom stereocenters. The van der Waals surface area contributed by atoms with E-state index in [4.69, 9.17) is 5.11 Å². The predicted molar refractivity (Wildman–Crippen MR) is 64.4 cm³/mol. The van der Waals surface area contributed by atoms with E-state index in [0.29, 0.717) is 24.5 Å². The molecule has 0 saturated carbocycles. The first-order valence-electron chi connectivity index (χ1n) is 5.13. The fourth-order valence-electron chi connectivity index (χ4n) is 1.74. The highest BCUT2D eigenvalue weighted by Gasteiger charge is 2.31. The van der Waals surface area contributed by atoms with Crippen LogP contribution >= 0.6 is 11.3 Å². The summed E-state index contributed by atoms with van der Waals surface area (Å²) in [5, 5.41) is 13.1. The van der Waals surface area contributed by atoms with Gasteiger partial charge in [-0.1, -0.05) is 0 Å². The van der Waals surface area contributed by atoms with E-state index in [2.05, 4.69) is 10.3 Å². The number of thiazole rings is 1. The molecule has 6 nitrogen and oxygen atoms in total. The highest BCUT2D eigenvalue weighted by atomic mass is 32.2. The van der Waals surface area contributed by atoms with Gasteiger partial charge in [0.2, 0.25) is 0 Å². The molecule has 2 N–H and O–H groups in total. The van der Waals surface area contributed by atoms with Gasteiger partial charge in [0.05, 0.1) is 11.0 Å². The standard InChI is InChI=1S/C9H12N2O4S2/c12-8(13)7-5-16-9(11-7)10-4-6-2-1-3-17(6,14)15/h5-6H,1-4H2,(H,10,11)(H,12,13). The molecule has 8 heteroatoms. The van der Waals surface area contributed by atoms with Crippen LogP contribution in [0.3, 0.4) is 0 Å². The van der Waals surface area contributed by atoms with Gasteiger partial charge in [-0.25, -0.2) is 18.2 Å². The molecule has 1 saturated heterocycles. The Kier molecular flexibility index (Phi) is 3.34. The van der Waals surface area contributed by atoms with Crippen molar-refractivity contribution >= 4 is 32.3 Å². The lowest BCUT2D eigenvalue weighted by atomic mass is 10.2. The maximum atomic E-state index is 11.5. The molecule has 0 aromatic carbocycles. The Hall–Kier alpha value is -1.15. The minimum Gasteiger partial charge on any atom is -0.476 e. The highest BCUT2D eigenvalue weighted by molar-refractivity contribution is 7.92. The lowest BCUT2D eigenvalue weighted by Crippen LogP contribution is -2.25. The summed E-state index contributed by atoms with van der Waals surface area (Å²) < 4.78 is 23.1. The van der Waals surface area contributed by atoms with E-state index in [-0.39, 0.29) is 16.7 Å². The van der Waals surface area contributed by atoms with Gasteiger partial charge in [0.15, 0.2) is 20.7 Å². The first-order valence-corrected chi connectivity index (χ1v) is 7.73. The summed E-state index contributed by atoms with van der Waals surface area (Å²) in [5.74, 6) is -0.833. The number of hydrogen-bond acceptors (Lipinski definition) is 6. The number of anilines is 1. The second-order valence-corrected chi connectivity index (χ2v) is 7.11. The first-order chi connectivity index (χ1) is 7.99. The van der Waals surface area contributed by atoms with Crippen LogP contribution in [0.5, 0.6) is 0 Å². The van der Waals surface area contributed by atoms with Crippen molar-refractivity contribution in [2.45, 2.75) is 18.1 Å². The number of aromatic carboxylic acids is 1. The third-order valence-electron chi connectivity index (χ3n) is 2.67. The van der Waals surface area contributed by atoms with Crippen LogP contribution in [0.2, 0.25) is 0 Å². The Morgan fingerprint density at radius 3 is 2.94 bits per heavy atom. The van der Waals surface area contributed by atoms with Crippen molar-refractivity contribution in [2.24, 2.45) is 0 Å². The average Bonchev–Trinajstić information content (AvgIpc) is 2.81. The Balaban J connectivity index is 1.96. The summed E-state index contributed by atoms with van der Waals surface area (Å²) in [7, 11) is -2.97. The molecule has 2 rings (SSSR count). The third-order valence-corrected chi connectivity index (χ3v) is 5.74. The zero-order valence-corrected chi connectivity index (χ0v) is 10.6. The van der Waals surface area contributed by atoms with Gasteiger partial charge < -0.3 is 10.4 Å². The van der Waals surface area contributed by atoms with E-state index in [1.807, 2.05) is 0 Å². The average molecular weight is 276 g/mol. The van der Waals surface area contributed by atoms with Crippen LogP contribution in [-0.4, -0.2) is 42.0 Å². The number of aromatic nitrogens is 1. The van der Waals surface area contributed by atoms with Crippen LogP contribution in [0.15, 0.2) is 5.38 Å². The first kappa shape index (κ1) is 12.3. The topological polar surface area (TPSA) is 96.4 Å². The van der Waals surface area contributed by atoms with Gasteiger partial charge in [0.25, 0.3) is 0 Å². The van der Waals surface area contributed by atoms with Crippen molar-refractivity contribution in [1.82, 2.24) is 4.98 Å². The maximum Gasteiger partial charge on any atom is 0.355 e. The van der Waals surface area contributed by atoms with Gasteiger partial charge in [-0.2, -0.15) is 0 Å². The summed E-state index contributed by atoms with van der Waals surface area (Å²) in [6, 6.07) is 0. The molecular weight excluding hydrogens is 264 g/mol. The van der Waals surface area contributed by atoms with E-state index in [0.717, 1.165) is 11.3 Å². The van der Waals surface area contributed by atoms with Gasteiger partial charge >= 0.3 is 5.97 Å². The quantitative estimate of drug-likeness (QED) is 0.845. The minimum atomic E-state index is -2.97. The van der Waals surface area contributed by atoms with Gasteiger partial charge in [-0.3, -0.25) is 0 Å². The lowest BCUT2D eigenvalue weighted by Gasteiger charge is -2.09. The van der Waals surface area contributed by atoms with Gasteiger partial charge in [0, 0.05) is 11.9 Å². The van der Waals surface area contributed by atoms with Crippen molar-refractivity contribution in [1.29, 1.82) is 0 Å². The SMILES string of the molecule is O=C(O)c1csc(NCC2CCCS2(=O)=O)n1. The number of rotatable bonds is 4. The summed E-state index contributed by atoms with van der Waals surface area (Å²) in [6.45, 7) is 0.301. The van der Waals surface area contributed by atoms with E-state index in [1.54, 1.807) is 0 Å². The molecule has 0 bridgehead atoms. The maximum absolute atomic E-state index is 11.5. The molecule has 1 aliphatic heterocycles. The monoisotopic (exact) mass is 276 g/mol. The predicted octanol–water partition coefficient (Wildman–Crippen LogP) is 0.830. The number of nitrogens with one attached hydrogen (secondary N) is 1. The second-order valence-electron chi connectivity index (χ2n) is 3.86. The number of sulfone groups is 1. The largest absolute Gasteiger partial charge is 0.476 e. The fourth-order valence-corrected chi connectivity index (χ4v) is 4.20. The number of nitrogens with zero attached hydrogens (tertiary/aromatic N) is 1. The summed E-state index contributed by atoms with van der Waals surface area (Å²) in [5.41, 5.74) is -0.0215. The second kappa shape index (κ2) is 4.61. The van der Waals surface area contributed by atoms with E-state index in [1.165, 1.54) is 5.38 Å². The zero-order chi connectivity index (χ0) is 12.5. The smallest absolute Gasteiger partial charge is 0.355 e. The molecule has 17 heavy (non-hydrogen) atoms. The van der Waals surface area contributed by atoms with Crippen LogP contribution in [0, 0.1) is 0 Å². The molecule has 1 aliphatic rings. The lowest BCUT2D eigenvalue weighted by molar-refractivity contribution is 0.0691. The molecular formula is C9H12N2O4S2. The van der Waals surface area contributed by atoms with Crippen molar-refractivity contribution in [2.75, 3.05) is 17.6 Å². The Morgan fingerprint density at radius 1 is 1.65 bits per heavy atom. The van der Waals surface area contributed by atoms with Gasteiger partial charge in [-0.15, -0.1) is 11.3 Å². The summed E-state index contributed by atoms with van der Waals surface area (Å²) in [6.07, 6.45) is 1.36. The Bertz CT molecular complexity index is 523. The fraction of sp³-hybridized carbons (Fsp3) is 0.556. The van der Waals surface area contributed by atoms with Crippen molar-refractivity contribution < 1.29 is 18.3 Å². The normalized spacial score (nSPS) is 22.5. The number of hydrogen-bond donors (Lipinski definition) is 2. The Morgan fingerprint density at radius 2 is 2.41 bits per heavy atom.